The maximum Gasteiger partial charge on any atom is 0.236 e. The van der Waals surface area contributed by atoms with Crippen LogP contribution in [-0.2, 0) is 4.79 Å². The van der Waals surface area contributed by atoms with Gasteiger partial charge < -0.3 is 15.4 Å². The van der Waals surface area contributed by atoms with Gasteiger partial charge in [0.1, 0.15) is 11.7 Å². The predicted molar refractivity (Wildman–Crippen MR) is 136 cm³/mol. The lowest BCUT2D eigenvalue weighted by molar-refractivity contribution is -0.130. The average Bonchev–Trinajstić information content (AvgIpc) is 2.75. The fourth-order valence-corrected chi connectivity index (χ4v) is 5.46. The highest BCUT2D eigenvalue weighted by atomic mass is 32.1. The molecule has 0 aromatic heterocycles. The Hall–Kier alpha value is -3.38. The lowest BCUT2D eigenvalue weighted by Crippen LogP contribution is -2.72. The average molecular weight is 458 g/mol. The zero-order chi connectivity index (χ0) is 23.3. The lowest BCUT2D eigenvalue weighted by atomic mass is 9.78. The minimum absolute atomic E-state index is 0.114. The monoisotopic (exact) mass is 457 g/mol. The van der Waals surface area contributed by atoms with Gasteiger partial charge in [-0.25, -0.2) is 0 Å². The molecule has 5 rings (SSSR count). The van der Waals surface area contributed by atoms with Crippen molar-refractivity contribution in [2.75, 3.05) is 10.2 Å². The molecule has 0 unspecified atom stereocenters. The Labute approximate surface area is 199 Å². The van der Waals surface area contributed by atoms with Gasteiger partial charge in [0.05, 0.1) is 6.04 Å². The first-order valence-corrected chi connectivity index (χ1v) is 11.5. The van der Waals surface area contributed by atoms with Crippen LogP contribution in [0.5, 0.6) is 5.75 Å². The van der Waals surface area contributed by atoms with Gasteiger partial charge in [0.2, 0.25) is 5.91 Å². The van der Waals surface area contributed by atoms with E-state index in [1.54, 1.807) is 0 Å². The molecular weight excluding hydrogens is 430 g/mol. The number of carbonyl (C=O) groups excluding carboxylic acids is 1. The molecule has 1 saturated heterocycles. The van der Waals surface area contributed by atoms with Crippen LogP contribution in [-0.4, -0.2) is 16.7 Å². The van der Waals surface area contributed by atoms with Crippen LogP contribution in [0.2, 0.25) is 0 Å². The summed E-state index contributed by atoms with van der Waals surface area (Å²) in [4.78, 5) is 15.8. The number of thiocarbonyl (C=S) groups is 1. The number of nitrogens with zero attached hydrogens (tertiary/aromatic N) is 1. The Morgan fingerprint density at radius 2 is 1.79 bits per heavy atom. The van der Waals surface area contributed by atoms with Crippen LogP contribution in [0.15, 0.2) is 66.7 Å². The molecule has 33 heavy (non-hydrogen) atoms. The second kappa shape index (κ2) is 7.89. The number of anilines is 2. The van der Waals surface area contributed by atoms with E-state index in [0.29, 0.717) is 5.11 Å². The van der Waals surface area contributed by atoms with Gasteiger partial charge in [-0.3, -0.25) is 9.69 Å². The highest BCUT2D eigenvalue weighted by Gasteiger charge is 2.59. The van der Waals surface area contributed by atoms with E-state index < -0.39 is 11.6 Å². The minimum atomic E-state index is -1.02. The van der Waals surface area contributed by atoms with Crippen molar-refractivity contribution in [3.63, 3.8) is 0 Å². The molecule has 2 heterocycles. The van der Waals surface area contributed by atoms with Crippen molar-refractivity contribution in [1.29, 1.82) is 0 Å². The number of nitrogens with one attached hydrogen (secondary N) is 2. The number of aryl methyl sites for hydroxylation is 3. The maximum atomic E-state index is 13.9. The number of carbonyl (C=O) groups is 1. The van der Waals surface area contributed by atoms with Crippen LogP contribution in [0, 0.1) is 26.7 Å². The fraction of sp³-hybridized carbons (Fsp3) is 0.259. The topological polar surface area (TPSA) is 53.6 Å². The summed E-state index contributed by atoms with van der Waals surface area (Å²) in [5.41, 5.74) is 4.89. The van der Waals surface area contributed by atoms with Crippen molar-refractivity contribution >= 4 is 34.6 Å². The van der Waals surface area contributed by atoms with Crippen molar-refractivity contribution < 1.29 is 9.53 Å². The Bertz CT molecular complexity index is 1270. The number of rotatable bonds is 3. The van der Waals surface area contributed by atoms with Crippen LogP contribution < -0.4 is 20.3 Å². The zero-order valence-corrected chi connectivity index (χ0v) is 20.0. The molecule has 1 amide bonds. The molecule has 0 saturated carbocycles. The second-order valence-electron chi connectivity index (χ2n) is 9.08. The number of hydrogen-bond acceptors (Lipinski definition) is 3. The molecule has 2 aliphatic heterocycles. The van der Waals surface area contributed by atoms with Gasteiger partial charge in [0, 0.05) is 16.9 Å². The Kier molecular flexibility index (Phi) is 5.13. The molecule has 6 heteroatoms. The number of fused-ring (bicyclic) bond motifs is 4. The van der Waals surface area contributed by atoms with Crippen LogP contribution in [0.3, 0.4) is 0 Å². The quantitative estimate of drug-likeness (QED) is 0.515. The van der Waals surface area contributed by atoms with Crippen molar-refractivity contribution in [2.45, 2.75) is 39.5 Å². The molecule has 5 nitrogen and oxygen atoms in total. The van der Waals surface area contributed by atoms with E-state index in [1.807, 2.05) is 87.2 Å². The first-order chi connectivity index (χ1) is 15.8. The molecule has 168 valence electrons. The van der Waals surface area contributed by atoms with E-state index in [2.05, 4.69) is 22.8 Å². The summed E-state index contributed by atoms with van der Waals surface area (Å²) < 4.78 is 6.63. The van der Waals surface area contributed by atoms with Gasteiger partial charge >= 0.3 is 0 Å². The van der Waals surface area contributed by atoms with Crippen LogP contribution in [0.25, 0.3) is 0 Å². The maximum absolute atomic E-state index is 13.9. The standard InChI is InChI=1S/C27H27N3O2S/c1-16-8-7-9-19(15-16)30-26(33)29-24-20-10-5-6-11-22(20)32-27(30,4)23(24)25(31)28-21-13-12-17(2)14-18(21)3/h5-15,23-24H,1-4H3,(H,28,31)(H,29,33)/t23-,24+,27-/m0/s1. The Morgan fingerprint density at radius 1 is 1.03 bits per heavy atom. The molecule has 3 aromatic rings. The van der Waals surface area contributed by atoms with Crippen LogP contribution in [0.1, 0.15) is 35.2 Å². The number of hydrogen-bond donors (Lipinski definition) is 2. The minimum Gasteiger partial charge on any atom is -0.467 e. The normalized spacial score (nSPS) is 23.3. The Balaban J connectivity index is 1.62. The molecule has 3 aromatic carbocycles. The summed E-state index contributed by atoms with van der Waals surface area (Å²) in [5.74, 6) is 0.0881. The lowest BCUT2D eigenvalue weighted by Gasteiger charge is -2.56. The van der Waals surface area contributed by atoms with E-state index >= 15 is 0 Å². The van der Waals surface area contributed by atoms with Crippen molar-refractivity contribution in [2.24, 2.45) is 5.92 Å². The molecule has 2 aliphatic rings. The van der Waals surface area contributed by atoms with Gasteiger partial charge in [0.25, 0.3) is 0 Å². The zero-order valence-electron chi connectivity index (χ0n) is 19.2. The summed E-state index contributed by atoms with van der Waals surface area (Å²) in [6.45, 7) is 8.04. The molecule has 2 N–H and O–H groups in total. The first-order valence-electron chi connectivity index (χ1n) is 11.1. The number of amides is 1. The second-order valence-corrected chi connectivity index (χ2v) is 9.47. The summed E-state index contributed by atoms with van der Waals surface area (Å²) in [7, 11) is 0. The summed E-state index contributed by atoms with van der Waals surface area (Å²) in [6.07, 6.45) is 0. The SMILES string of the molecule is Cc1cccc(N2C(=S)N[C@@H]3c4ccccc4O[C@@]2(C)[C@@H]3C(=O)Nc2ccc(C)cc2C)c1. The van der Waals surface area contributed by atoms with Gasteiger partial charge in [-0.1, -0.05) is 48.0 Å². The Morgan fingerprint density at radius 3 is 2.55 bits per heavy atom. The molecule has 0 spiro atoms. The molecule has 1 fully saturated rings. The third-order valence-electron chi connectivity index (χ3n) is 6.59. The number of benzene rings is 3. The molecule has 0 aliphatic carbocycles. The van der Waals surface area contributed by atoms with Gasteiger partial charge in [0.15, 0.2) is 10.8 Å². The first kappa shape index (κ1) is 21.5. The molecule has 3 atom stereocenters. The van der Waals surface area contributed by atoms with Gasteiger partial charge in [-0.15, -0.1) is 0 Å². The van der Waals surface area contributed by atoms with Gasteiger partial charge in [-0.2, -0.15) is 0 Å². The van der Waals surface area contributed by atoms with Crippen LogP contribution in [0.4, 0.5) is 11.4 Å². The third-order valence-corrected chi connectivity index (χ3v) is 6.89. The number of ether oxygens (including phenoxy) is 1. The molecule has 0 radical (unpaired) electrons. The van der Waals surface area contributed by atoms with Gasteiger partial charge in [-0.05, 0) is 75.3 Å². The summed E-state index contributed by atoms with van der Waals surface area (Å²) >= 11 is 5.82. The largest absolute Gasteiger partial charge is 0.467 e. The highest BCUT2D eigenvalue weighted by molar-refractivity contribution is 7.80. The van der Waals surface area contributed by atoms with E-state index in [9.17, 15) is 4.79 Å². The predicted octanol–water partition coefficient (Wildman–Crippen LogP) is 5.41. The summed E-state index contributed by atoms with van der Waals surface area (Å²) in [5, 5.41) is 7.16. The number of para-hydroxylation sites is 1. The molecular formula is C27H27N3O2S. The van der Waals surface area contributed by atoms with Crippen molar-refractivity contribution in [3.05, 3.63) is 89.0 Å². The van der Waals surface area contributed by atoms with E-state index in [-0.39, 0.29) is 11.9 Å². The van der Waals surface area contributed by atoms with E-state index in [0.717, 1.165) is 39.4 Å². The van der Waals surface area contributed by atoms with Crippen molar-refractivity contribution in [1.82, 2.24) is 5.32 Å². The smallest absolute Gasteiger partial charge is 0.236 e. The van der Waals surface area contributed by atoms with E-state index in [4.69, 9.17) is 17.0 Å². The van der Waals surface area contributed by atoms with E-state index in [1.165, 1.54) is 0 Å². The highest BCUT2D eigenvalue weighted by Crippen LogP contribution is 2.49. The summed E-state index contributed by atoms with van der Waals surface area (Å²) in [6, 6.07) is 21.7. The third kappa shape index (κ3) is 3.55. The fourth-order valence-electron chi connectivity index (χ4n) is 5.05. The van der Waals surface area contributed by atoms with Crippen LogP contribution >= 0.6 is 12.2 Å². The molecule has 2 bridgehead atoms. The van der Waals surface area contributed by atoms with Crippen molar-refractivity contribution in [3.8, 4) is 5.75 Å².